The average molecular weight is 362 g/mol. The Kier molecular flexibility index (Phi) is 6.20. The van der Waals surface area contributed by atoms with Gasteiger partial charge in [0.1, 0.15) is 23.0 Å². The van der Waals surface area contributed by atoms with Crippen molar-refractivity contribution >= 4 is 17.3 Å². The largest absolute Gasteiger partial charge is 0.496 e. The summed E-state index contributed by atoms with van der Waals surface area (Å²) in [6, 6.07) is 8.77. The summed E-state index contributed by atoms with van der Waals surface area (Å²) in [5, 5.41) is 13.4. The fourth-order valence-electron chi connectivity index (χ4n) is 2.11. The molecule has 0 atom stereocenters. The molecule has 0 unspecified atom stereocenters. The van der Waals surface area contributed by atoms with Gasteiger partial charge >= 0.3 is 0 Å². The number of carbonyl (C=O) groups is 1. The Bertz CT molecular complexity index is 785. The number of nitrogens with zero attached hydrogens (tertiary/aromatic N) is 1. The summed E-state index contributed by atoms with van der Waals surface area (Å²) in [4.78, 5) is 22.4. The average Bonchev–Trinajstić information content (AvgIpc) is 2.65. The molecular weight excluding hydrogens is 344 g/mol. The van der Waals surface area contributed by atoms with Crippen LogP contribution in [0.25, 0.3) is 0 Å². The molecule has 0 aliphatic carbocycles. The van der Waals surface area contributed by atoms with Crippen LogP contribution in [0.15, 0.2) is 36.4 Å². The maximum absolute atomic E-state index is 12.1. The molecule has 9 heteroatoms. The summed E-state index contributed by atoms with van der Waals surface area (Å²) in [6.07, 6.45) is 0. The molecule has 0 aromatic heterocycles. The van der Waals surface area contributed by atoms with E-state index in [-0.39, 0.29) is 18.0 Å². The molecule has 0 saturated carbocycles. The smallest absolute Gasteiger partial charge is 0.271 e. The van der Waals surface area contributed by atoms with Gasteiger partial charge in [0.25, 0.3) is 11.6 Å². The van der Waals surface area contributed by atoms with E-state index in [2.05, 4.69) is 5.32 Å². The van der Waals surface area contributed by atoms with Crippen molar-refractivity contribution in [3.05, 3.63) is 46.5 Å². The van der Waals surface area contributed by atoms with Crippen molar-refractivity contribution in [2.75, 3.05) is 33.3 Å². The number of hydrogen-bond acceptors (Lipinski definition) is 7. The molecule has 0 spiro atoms. The van der Waals surface area contributed by atoms with Crippen LogP contribution >= 0.6 is 0 Å². The molecule has 2 rings (SSSR count). The van der Waals surface area contributed by atoms with E-state index < -0.39 is 10.8 Å². The van der Waals surface area contributed by atoms with Gasteiger partial charge in [-0.1, -0.05) is 0 Å². The number of nitro benzene ring substituents is 1. The van der Waals surface area contributed by atoms with Gasteiger partial charge < -0.3 is 24.3 Å². The van der Waals surface area contributed by atoms with Crippen molar-refractivity contribution in [1.82, 2.24) is 0 Å². The molecule has 0 radical (unpaired) electrons. The highest BCUT2D eigenvalue weighted by Crippen LogP contribution is 2.29. The summed E-state index contributed by atoms with van der Waals surface area (Å²) in [7, 11) is 4.40. The van der Waals surface area contributed by atoms with Crippen LogP contribution in [0.4, 0.5) is 11.4 Å². The Morgan fingerprint density at radius 2 is 1.62 bits per heavy atom. The minimum atomic E-state index is -0.561. The fraction of sp³-hybridized carbons (Fsp3) is 0.235. The zero-order valence-electron chi connectivity index (χ0n) is 14.5. The Hall–Kier alpha value is -3.49. The van der Waals surface area contributed by atoms with Crippen LogP contribution in [0.1, 0.15) is 0 Å². The first-order valence-corrected chi connectivity index (χ1v) is 7.45. The van der Waals surface area contributed by atoms with Crippen molar-refractivity contribution in [2.45, 2.75) is 0 Å². The van der Waals surface area contributed by atoms with E-state index in [1.165, 1.54) is 39.5 Å². The van der Waals surface area contributed by atoms with Gasteiger partial charge in [-0.3, -0.25) is 14.9 Å². The molecule has 26 heavy (non-hydrogen) atoms. The monoisotopic (exact) mass is 362 g/mol. The van der Waals surface area contributed by atoms with Gasteiger partial charge in [0, 0.05) is 30.3 Å². The van der Waals surface area contributed by atoms with Gasteiger partial charge in [0.05, 0.1) is 31.9 Å². The lowest BCUT2D eigenvalue weighted by molar-refractivity contribution is -0.384. The zero-order chi connectivity index (χ0) is 19.1. The molecule has 9 nitrogen and oxygen atoms in total. The Morgan fingerprint density at radius 3 is 2.15 bits per heavy atom. The number of rotatable bonds is 8. The maximum Gasteiger partial charge on any atom is 0.271 e. The van der Waals surface area contributed by atoms with Gasteiger partial charge in [-0.15, -0.1) is 0 Å². The summed E-state index contributed by atoms with van der Waals surface area (Å²) in [5.74, 6) is 1.19. The molecule has 138 valence electrons. The van der Waals surface area contributed by atoms with Crippen LogP contribution in [-0.4, -0.2) is 38.8 Å². The second-order valence-corrected chi connectivity index (χ2v) is 5.03. The molecule has 2 aromatic carbocycles. The van der Waals surface area contributed by atoms with E-state index in [1.807, 2.05) is 0 Å². The van der Waals surface area contributed by atoms with Gasteiger partial charge in [0.15, 0.2) is 6.61 Å². The number of hydrogen-bond donors (Lipinski definition) is 1. The zero-order valence-corrected chi connectivity index (χ0v) is 14.5. The van der Waals surface area contributed by atoms with Crippen LogP contribution in [0, 0.1) is 10.1 Å². The van der Waals surface area contributed by atoms with Gasteiger partial charge in [0.2, 0.25) is 0 Å². The van der Waals surface area contributed by atoms with Crippen LogP contribution in [0.2, 0.25) is 0 Å². The third kappa shape index (κ3) is 4.76. The third-order valence-electron chi connectivity index (χ3n) is 3.36. The number of nitrogens with one attached hydrogen (secondary N) is 1. The summed E-state index contributed by atoms with van der Waals surface area (Å²) < 4.78 is 20.8. The number of nitro groups is 1. The lowest BCUT2D eigenvalue weighted by Gasteiger charge is -2.12. The molecule has 1 amide bonds. The first-order chi connectivity index (χ1) is 12.5. The highest BCUT2D eigenvalue weighted by Gasteiger charge is 2.14. The summed E-state index contributed by atoms with van der Waals surface area (Å²) >= 11 is 0. The van der Waals surface area contributed by atoms with Crippen LogP contribution < -0.4 is 24.3 Å². The predicted molar refractivity (Wildman–Crippen MR) is 93.3 cm³/mol. The van der Waals surface area contributed by atoms with Gasteiger partial charge in [-0.2, -0.15) is 0 Å². The second kappa shape index (κ2) is 8.56. The number of carbonyl (C=O) groups excluding carboxylic acids is 1. The number of non-ortho nitro benzene ring substituents is 1. The van der Waals surface area contributed by atoms with Crippen molar-refractivity contribution in [1.29, 1.82) is 0 Å². The Labute approximate surface area is 149 Å². The first kappa shape index (κ1) is 18.8. The first-order valence-electron chi connectivity index (χ1n) is 7.45. The summed E-state index contributed by atoms with van der Waals surface area (Å²) in [6.45, 7) is -0.317. The van der Waals surface area contributed by atoms with Gasteiger partial charge in [-0.25, -0.2) is 0 Å². The molecule has 0 aliphatic heterocycles. The van der Waals surface area contributed by atoms with Crippen molar-refractivity contribution in [2.24, 2.45) is 0 Å². The minimum Gasteiger partial charge on any atom is -0.496 e. The Morgan fingerprint density at radius 1 is 1.00 bits per heavy atom. The van der Waals surface area contributed by atoms with E-state index in [4.69, 9.17) is 18.9 Å². The lowest BCUT2D eigenvalue weighted by Crippen LogP contribution is -2.20. The van der Waals surface area contributed by atoms with E-state index in [0.717, 1.165) is 0 Å². The minimum absolute atomic E-state index is 0.167. The van der Waals surface area contributed by atoms with Crippen molar-refractivity contribution in [3.8, 4) is 23.0 Å². The van der Waals surface area contributed by atoms with E-state index >= 15 is 0 Å². The number of benzene rings is 2. The molecule has 0 heterocycles. The molecule has 0 aliphatic rings. The van der Waals surface area contributed by atoms with E-state index in [0.29, 0.717) is 23.0 Å². The topological polar surface area (TPSA) is 109 Å². The maximum atomic E-state index is 12.1. The van der Waals surface area contributed by atoms with Crippen molar-refractivity contribution < 1.29 is 28.7 Å². The quantitative estimate of drug-likeness (QED) is 0.568. The molecule has 2 aromatic rings. The van der Waals surface area contributed by atoms with Crippen LogP contribution in [0.3, 0.4) is 0 Å². The number of anilines is 1. The fourth-order valence-corrected chi connectivity index (χ4v) is 2.11. The number of ether oxygens (including phenoxy) is 4. The number of amides is 1. The van der Waals surface area contributed by atoms with Crippen molar-refractivity contribution in [3.63, 3.8) is 0 Å². The van der Waals surface area contributed by atoms with E-state index in [9.17, 15) is 14.9 Å². The van der Waals surface area contributed by atoms with Gasteiger partial charge in [-0.05, 0) is 6.07 Å². The standard InChI is InChI=1S/C17H18N2O7/c1-23-12-7-13(24-2)9-14(8-12)26-10-17(20)18-15-6-11(19(21)22)4-5-16(15)25-3/h4-9H,10H2,1-3H3,(H,18,20). The SMILES string of the molecule is COc1cc(OC)cc(OCC(=O)Nc2cc([N+](=O)[O-])ccc2OC)c1. The highest BCUT2D eigenvalue weighted by molar-refractivity contribution is 5.93. The van der Waals surface area contributed by atoms with Crippen LogP contribution in [0.5, 0.6) is 23.0 Å². The Balaban J connectivity index is 2.07. The molecule has 1 N–H and O–H groups in total. The molecule has 0 saturated heterocycles. The van der Waals surface area contributed by atoms with E-state index in [1.54, 1.807) is 18.2 Å². The lowest BCUT2D eigenvalue weighted by atomic mass is 10.2. The molecular formula is C17H18N2O7. The normalized spacial score (nSPS) is 9.96. The predicted octanol–water partition coefficient (Wildman–Crippen LogP) is 2.64. The van der Waals surface area contributed by atoms with Crippen LogP contribution in [-0.2, 0) is 4.79 Å². The summed E-state index contributed by atoms with van der Waals surface area (Å²) in [5.41, 5.74) is 0.0121. The third-order valence-corrected chi connectivity index (χ3v) is 3.36. The number of methoxy groups -OCH3 is 3. The highest BCUT2D eigenvalue weighted by atomic mass is 16.6. The molecule has 0 bridgehead atoms. The second-order valence-electron chi connectivity index (χ2n) is 5.03. The molecule has 0 fully saturated rings.